The molecule has 0 unspecified atom stereocenters. The van der Waals surface area contributed by atoms with Crippen LogP contribution in [0.15, 0.2) is 4.52 Å². The van der Waals surface area contributed by atoms with Gasteiger partial charge in [0.15, 0.2) is 5.82 Å². The highest BCUT2D eigenvalue weighted by Gasteiger charge is 2.59. The second kappa shape index (κ2) is 3.47. The van der Waals surface area contributed by atoms with Crippen LogP contribution in [-0.2, 0) is 4.74 Å². The Morgan fingerprint density at radius 2 is 2.11 bits per heavy atom. The second-order valence-corrected chi connectivity index (χ2v) is 6.42. The average molecular weight is 249 g/mol. The van der Waals surface area contributed by atoms with Crippen LogP contribution in [0.3, 0.4) is 0 Å². The molecule has 2 saturated carbocycles. The Labute approximate surface area is 106 Å². The summed E-state index contributed by atoms with van der Waals surface area (Å²) in [6.07, 6.45) is 3.93. The third-order valence-electron chi connectivity index (χ3n) is 4.76. The minimum Gasteiger partial charge on any atom is -0.377 e. The maximum atomic E-state index is 5.78. The van der Waals surface area contributed by atoms with E-state index in [1.54, 1.807) is 0 Å². The number of rotatable bonds is 3. The molecular weight excluding hydrogens is 230 g/mol. The molecule has 18 heavy (non-hydrogen) atoms. The first-order valence-corrected chi connectivity index (χ1v) is 6.88. The van der Waals surface area contributed by atoms with Crippen molar-refractivity contribution in [2.75, 3.05) is 11.9 Å². The molecule has 1 aromatic rings. The molecule has 0 bridgehead atoms. The van der Waals surface area contributed by atoms with Gasteiger partial charge in [0.2, 0.25) is 0 Å². The lowest BCUT2D eigenvalue weighted by Gasteiger charge is -2.54. The molecule has 98 valence electrons. The van der Waals surface area contributed by atoms with E-state index in [-0.39, 0.29) is 5.41 Å². The smallest absolute Gasteiger partial charge is 0.321 e. The number of nitrogens with one attached hydrogen (secondary N) is 1. The number of aromatic nitrogens is 2. The second-order valence-electron chi connectivity index (χ2n) is 6.42. The van der Waals surface area contributed by atoms with E-state index in [0.29, 0.717) is 30.0 Å². The van der Waals surface area contributed by atoms with Crippen LogP contribution in [-0.4, -0.2) is 28.9 Å². The summed E-state index contributed by atoms with van der Waals surface area (Å²) in [5.74, 6) is 2.01. The van der Waals surface area contributed by atoms with Gasteiger partial charge < -0.3 is 14.6 Å². The zero-order chi connectivity index (χ0) is 12.3. The Kier molecular flexibility index (Phi) is 2.08. The molecule has 3 atom stereocenters. The summed E-state index contributed by atoms with van der Waals surface area (Å²) < 4.78 is 11.1. The Morgan fingerprint density at radius 3 is 2.89 bits per heavy atom. The molecule has 0 aromatic carbocycles. The standard InChI is InChI=1S/C13H19N3O2/c1-13(2)9(8-5-6-17-10(8)13)14-12-15-11(16-18-12)7-3-4-7/h7-10H,3-6H2,1-2H3,(H,14,15,16)/t8-,9+,10+/m0/s1. The summed E-state index contributed by atoms with van der Waals surface area (Å²) in [5.41, 5.74) is 0.148. The molecule has 1 aliphatic heterocycles. The number of hydrogen-bond donors (Lipinski definition) is 1. The molecule has 1 aromatic heterocycles. The van der Waals surface area contributed by atoms with Gasteiger partial charge in [0.1, 0.15) is 0 Å². The van der Waals surface area contributed by atoms with Crippen LogP contribution in [0, 0.1) is 11.3 Å². The molecule has 3 aliphatic rings. The van der Waals surface area contributed by atoms with Crippen molar-refractivity contribution in [3.05, 3.63) is 5.82 Å². The summed E-state index contributed by atoms with van der Waals surface area (Å²) in [6, 6.07) is 0.970. The Balaban J connectivity index is 1.50. The number of hydrogen-bond acceptors (Lipinski definition) is 5. The summed E-state index contributed by atoms with van der Waals surface area (Å²) >= 11 is 0. The molecule has 1 saturated heterocycles. The van der Waals surface area contributed by atoms with Crippen LogP contribution >= 0.6 is 0 Å². The monoisotopic (exact) mass is 249 g/mol. The van der Waals surface area contributed by atoms with E-state index in [4.69, 9.17) is 9.26 Å². The predicted molar refractivity (Wildman–Crippen MR) is 65.3 cm³/mol. The largest absolute Gasteiger partial charge is 0.377 e. The first-order valence-electron chi connectivity index (χ1n) is 6.88. The van der Waals surface area contributed by atoms with Crippen molar-refractivity contribution < 1.29 is 9.26 Å². The van der Waals surface area contributed by atoms with E-state index in [1.807, 2.05) is 0 Å². The Morgan fingerprint density at radius 1 is 1.28 bits per heavy atom. The summed E-state index contributed by atoms with van der Waals surface area (Å²) in [7, 11) is 0. The zero-order valence-corrected chi connectivity index (χ0v) is 10.8. The van der Waals surface area contributed by atoms with Crippen LogP contribution in [0.5, 0.6) is 0 Å². The lowest BCUT2D eigenvalue weighted by Crippen LogP contribution is -2.63. The Hall–Kier alpha value is -1.10. The summed E-state index contributed by atoms with van der Waals surface area (Å²) in [5, 5.41) is 7.47. The third-order valence-corrected chi connectivity index (χ3v) is 4.76. The molecule has 2 heterocycles. The average Bonchev–Trinajstić information content (AvgIpc) is 2.93. The van der Waals surface area contributed by atoms with Gasteiger partial charge in [0, 0.05) is 29.9 Å². The highest BCUT2D eigenvalue weighted by Crippen LogP contribution is 2.53. The van der Waals surface area contributed by atoms with Crippen LogP contribution in [0.4, 0.5) is 6.01 Å². The van der Waals surface area contributed by atoms with Crippen molar-refractivity contribution >= 4 is 6.01 Å². The normalized spacial score (nSPS) is 37.1. The minimum atomic E-state index is 0.148. The van der Waals surface area contributed by atoms with Gasteiger partial charge in [-0.05, 0) is 19.3 Å². The van der Waals surface area contributed by atoms with Gasteiger partial charge in [-0.15, -0.1) is 0 Å². The molecule has 4 rings (SSSR count). The first kappa shape index (κ1) is 10.8. The number of anilines is 1. The maximum Gasteiger partial charge on any atom is 0.321 e. The van der Waals surface area contributed by atoms with Gasteiger partial charge in [-0.25, -0.2) is 0 Å². The highest BCUT2D eigenvalue weighted by molar-refractivity contribution is 5.29. The van der Waals surface area contributed by atoms with Crippen molar-refractivity contribution in [3.8, 4) is 0 Å². The van der Waals surface area contributed by atoms with Gasteiger partial charge in [0.05, 0.1) is 6.10 Å². The van der Waals surface area contributed by atoms with Crippen LogP contribution in [0.2, 0.25) is 0 Å². The lowest BCUT2D eigenvalue weighted by atomic mass is 9.57. The van der Waals surface area contributed by atoms with E-state index >= 15 is 0 Å². The molecule has 5 nitrogen and oxygen atoms in total. The fourth-order valence-electron chi connectivity index (χ4n) is 3.55. The molecule has 1 N–H and O–H groups in total. The van der Waals surface area contributed by atoms with Crippen molar-refractivity contribution in [1.29, 1.82) is 0 Å². The SMILES string of the molecule is CC1(C)[C@H](Nc2nc(C3CC3)no2)[C@@H]2CCO[C@H]21. The van der Waals surface area contributed by atoms with Crippen molar-refractivity contribution in [2.45, 2.75) is 51.2 Å². The molecule has 5 heteroatoms. The lowest BCUT2D eigenvalue weighted by molar-refractivity contribution is -0.0929. The number of fused-ring (bicyclic) bond motifs is 1. The number of ether oxygens (including phenoxy) is 1. The van der Waals surface area contributed by atoms with Crippen molar-refractivity contribution in [3.63, 3.8) is 0 Å². The van der Waals surface area contributed by atoms with Crippen molar-refractivity contribution in [2.24, 2.45) is 11.3 Å². The molecule has 0 radical (unpaired) electrons. The van der Waals surface area contributed by atoms with E-state index < -0.39 is 0 Å². The van der Waals surface area contributed by atoms with E-state index in [1.165, 1.54) is 12.8 Å². The fraction of sp³-hybridized carbons (Fsp3) is 0.846. The summed E-state index contributed by atoms with van der Waals surface area (Å²) in [4.78, 5) is 4.44. The summed E-state index contributed by atoms with van der Waals surface area (Å²) in [6.45, 7) is 5.37. The maximum absolute atomic E-state index is 5.78. The van der Waals surface area contributed by atoms with E-state index in [9.17, 15) is 0 Å². The minimum absolute atomic E-state index is 0.148. The fourth-order valence-corrected chi connectivity index (χ4v) is 3.55. The van der Waals surface area contributed by atoms with Crippen molar-refractivity contribution in [1.82, 2.24) is 10.1 Å². The predicted octanol–water partition coefficient (Wildman–Crippen LogP) is 2.17. The zero-order valence-electron chi connectivity index (χ0n) is 10.8. The van der Waals surface area contributed by atoms with E-state index in [2.05, 4.69) is 29.3 Å². The molecule has 2 aliphatic carbocycles. The molecule has 0 amide bonds. The van der Waals surface area contributed by atoms with Gasteiger partial charge >= 0.3 is 6.01 Å². The topological polar surface area (TPSA) is 60.2 Å². The van der Waals surface area contributed by atoms with Gasteiger partial charge in [-0.3, -0.25) is 0 Å². The molecular formula is C13H19N3O2. The van der Waals surface area contributed by atoms with Crippen LogP contribution in [0.25, 0.3) is 0 Å². The van der Waals surface area contributed by atoms with Gasteiger partial charge in [-0.1, -0.05) is 19.0 Å². The highest BCUT2D eigenvalue weighted by atomic mass is 16.5. The van der Waals surface area contributed by atoms with Gasteiger partial charge in [-0.2, -0.15) is 4.98 Å². The van der Waals surface area contributed by atoms with Crippen LogP contribution in [0.1, 0.15) is 44.9 Å². The van der Waals surface area contributed by atoms with Crippen LogP contribution < -0.4 is 5.32 Å². The quantitative estimate of drug-likeness (QED) is 0.889. The Bertz CT molecular complexity index is 467. The number of nitrogens with zero attached hydrogens (tertiary/aromatic N) is 2. The van der Waals surface area contributed by atoms with Gasteiger partial charge in [0.25, 0.3) is 0 Å². The van der Waals surface area contributed by atoms with E-state index in [0.717, 1.165) is 18.9 Å². The molecule has 3 fully saturated rings. The first-order chi connectivity index (χ1) is 8.66. The molecule has 0 spiro atoms. The third kappa shape index (κ3) is 1.43.